The molecule has 2 aromatic rings. The Hall–Kier alpha value is -1.71. The first-order valence-corrected chi connectivity index (χ1v) is 6.28. The molecule has 3 N–H and O–H groups in total. The first kappa shape index (κ1) is 13.7. The SMILES string of the molecule is Cc1ccc(F)cc1CC(O)(CN)c1ccccc1. The van der Waals surface area contributed by atoms with Gasteiger partial charge in [-0.1, -0.05) is 36.4 Å². The summed E-state index contributed by atoms with van der Waals surface area (Å²) in [6.45, 7) is 1.99. The van der Waals surface area contributed by atoms with E-state index in [4.69, 9.17) is 5.73 Å². The van der Waals surface area contributed by atoms with Gasteiger partial charge in [0.2, 0.25) is 0 Å². The molecule has 0 amide bonds. The van der Waals surface area contributed by atoms with E-state index >= 15 is 0 Å². The van der Waals surface area contributed by atoms with Crippen molar-refractivity contribution < 1.29 is 9.50 Å². The Kier molecular flexibility index (Phi) is 3.98. The van der Waals surface area contributed by atoms with Gasteiger partial charge in [-0.05, 0) is 35.7 Å². The van der Waals surface area contributed by atoms with E-state index in [9.17, 15) is 9.50 Å². The highest BCUT2D eigenvalue weighted by molar-refractivity contribution is 5.32. The molecule has 0 saturated carbocycles. The molecule has 0 bridgehead atoms. The van der Waals surface area contributed by atoms with Gasteiger partial charge in [0.25, 0.3) is 0 Å². The molecule has 3 heteroatoms. The van der Waals surface area contributed by atoms with E-state index in [-0.39, 0.29) is 12.4 Å². The van der Waals surface area contributed by atoms with Crippen molar-refractivity contribution in [1.82, 2.24) is 0 Å². The summed E-state index contributed by atoms with van der Waals surface area (Å²) in [5.74, 6) is -0.298. The third-order valence-corrected chi connectivity index (χ3v) is 3.44. The van der Waals surface area contributed by atoms with E-state index in [2.05, 4.69) is 0 Å². The highest BCUT2D eigenvalue weighted by Gasteiger charge is 2.28. The van der Waals surface area contributed by atoms with Gasteiger partial charge in [0.1, 0.15) is 11.4 Å². The third-order valence-electron chi connectivity index (χ3n) is 3.44. The van der Waals surface area contributed by atoms with Crippen molar-refractivity contribution in [2.24, 2.45) is 5.73 Å². The molecule has 2 aromatic carbocycles. The van der Waals surface area contributed by atoms with Crippen LogP contribution in [0.3, 0.4) is 0 Å². The van der Waals surface area contributed by atoms with Crippen LogP contribution in [-0.4, -0.2) is 11.7 Å². The lowest BCUT2D eigenvalue weighted by atomic mass is 9.86. The molecule has 0 aliphatic carbocycles. The second kappa shape index (κ2) is 5.51. The van der Waals surface area contributed by atoms with Gasteiger partial charge in [0.15, 0.2) is 0 Å². The molecule has 2 rings (SSSR count). The predicted molar refractivity (Wildman–Crippen MR) is 74.2 cm³/mol. The summed E-state index contributed by atoms with van der Waals surface area (Å²) in [4.78, 5) is 0. The largest absolute Gasteiger partial charge is 0.383 e. The normalized spacial score (nSPS) is 14.1. The van der Waals surface area contributed by atoms with E-state index in [0.29, 0.717) is 6.42 Å². The minimum Gasteiger partial charge on any atom is -0.383 e. The van der Waals surface area contributed by atoms with Crippen LogP contribution in [0.15, 0.2) is 48.5 Å². The fraction of sp³-hybridized carbons (Fsp3) is 0.250. The summed E-state index contributed by atoms with van der Waals surface area (Å²) >= 11 is 0. The Morgan fingerprint density at radius 2 is 1.84 bits per heavy atom. The minimum absolute atomic E-state index is 0.0902. The maximum Gasteiger partial charge on any atom is 0.123 e. The molecule has 0 saturated heterocycles. The van der Waals surface area contributed by atoms with Gasteiger partial charge in [-0.25, -0.2) is 4.39 Å². The summed E-state index contributed by atoms with van der Waals surface area (Å²) < 4.78 is 13.3. The van der Waals surface area contributed by atoms with Crippen molar-refractivity contribution in [3.63, 3.8) is 0 Å². The minimum atomic E-state index is -1.17. The van der Waals surface area contributed by atoms with Crippen LogP contribution in [0, 0.1) is 12.7 Å². The summed E-state index contributed by atoms with van der Waals surface area (Å²) in [7, 11) is 0. The van der Waals surface area contributed by atoms with Crippen LogP contribution in [0.25, 0.3) is 0 Å². The van der Waals surface area contributed by atoms with Gasteiger partial charge in [-0.15, -0.1) is 0 Å². The van der Waals surface area contributed by atoms with Crippen LogP contribution in [0.1, 0.15) is 16.7 Å². The molecule has 0 spiro atoms. The quantitative estimate of drug-likeness (QED) is 0.886. The zero-order valence-electron chi connectivity index (χ0n) is 10.9. The number of aliphatic hydroxyl groups is 1. The topological polar surface area (TPSA) is 46.2 Å². The van der Waals surface area contributed by atoms with E-state index in [1.54, 1.807) is 6.07 Å². The lowest BCUT2D eigenvalue weighted by molar-refractivity contribution is 0.0461. The average Bonchev–Trinajstić information content (AvgIpc) is 2.44. The number of benzene rings is 2. The molecule has 0 fully saturated rings. The lowest BCUT2D eigenvalue weighted by Crippen LogP contribution is -2.37. The Morgan fingerprint density at radius 3 is 2.47 bits per heavy atom. The number of halogens is 1. The Bertz CT molecular complexity index is 556. The predicted octanol–water partition coefficient (Wildman–Crippen LogP) is 2.52. The Labute approximate surface area is 112 Å². The van der Waals surface area contributed by atoms with Gasteiger partial charge in [0.05, 0.1) is 0 Å². The number of hydrogen-bond donors (Lipinski definition) is 2. The van der Waals surface area contributed by atoms with E-state index in [1.807, 2.05) is 37.3 Å². The van der Waals surface area contributed by atoms with Crippen molar-refractivity contribution in [2.75, 3.05) is 6.54 Å². The molecular weight excluding hydrogens is 241 g/mol. The average molecular weight is 259 g/mol. The van der Waals surface area contributed by atoms with Crippen LogP contribution < -0.4 is 5.73 Å². The molecule has 1 atom stereocenters. The van der Waals surface area contributed by atoms with Crippen molar-refractivity contribution in [2.45, 2.75) is 18.9 Å². The Morgan fingerprint density at radius 1 is 1.16 bits per heavy atom. The van der Waals surface area contributed by atoms with E-state index in [1.165, 1.54) is 12.1 Å². The van der Waals surface area contributed by atoms with E-state index < -0.39 is 5.60 Å². The summed E-state index contributed by atoms with van der Waals surface area (Å²) in [5, 5.41) is 10.7. The second-order valence-electron chi connectivity index (χ2n) is 4.85. The van der Waals surface area contributed by atoms with Crippen molar-refractivity contribution >= 4 is 0 Å². The fourth-order valence-electron chi connectivity index (χ4n) is 2.19. The zero-order valence-corrected chi connectivity index (χ0v) is 10.9. The number of aryl methyl sites for hydroxylation is 1. The highest BCUT2D eigenvalue weighted by atomic mass is 19.1. The number of nitrogens with two attached hydrogens (primary N) is 1. The molecule has 0 heterocycles. The molecule has 100 valence electrons. The monoisotopic (exact) mass is 259 g/mol. The highest BCUT2D eigenvalue weighted by Crippen LogP contribution is 2.26. The maximum absolute atomic E-state index is 13.3. The van der Waals surface area contributed by atoms with Crippen LogP contribution in [-0.2, 0) is 12.0 Å². The molecule has 0 aliphatic rings. The fourth-order valence-corrected chi connectivity index (χ4v) is 2.19. The smallest absolute Gasteiger partial charge is 0.123 e. The van der Waals surface area contributed by atoms with Gasteiger partial charge in [0, 0.05) is 13.0 Å². The lowest BCUT2D eigenvalue weighted by Gasteiger charge is -2.28. The second-order valence-corrected chi connectivity index (χ2v) is 4.85. The molecule has 0 aliphatic heterocycles. The van der Waals surface area contributed by atoms with Gasteiger partial charge in [-0.2, -0.15) is 0 Å². The molecule has 19 heavy (non-hydrogen) atoms. The van der Waals surface area contributed by atoms with Crippen LogP contribution >= 0.6 is 0 Å². The summed E-state index contributed by atoms with van der Waals surface area (Å²) in [6.07, 6.45) is 0.303. The summed E-state index contributed by atoms with van der Waals surface area (Å²) in [6, 6.07) is 13.9. The van der Waals surface area contributed by atoms with Crippen molar-refractivity contribution in [1.29, 1.82) is 0 Å². The van der Waals surface area contributed by atoms with E-state index in [0.717, 1.165) is 16.7 Å². The van der Waals surface area contributed by atoms with Crippen LogP contribution in [0.4, 0.5) is 4.39 Å². The molecule has 1 unspecified atom stereocenters. The van der Waals surface area contributed by atoms with Crippen molar-refractivity contribution in [3.8, 4) is 0 Å². The molecule has 0 radical (unpaired) electrons. The van der Waals surface area contributed by atoms with Gasteiger partial charge in [-0.3, -0.25) is 0 Å². The molecule has 2 nitrogen and oxygen atoms in total. The first-order valence-electron chi connectivity index (χ1n) is 6.28. The van der Waals surface area contributed by atoms with Gasteiger partial charge >= 0.3 is 0 Å². The zero-order chi connectivity index (χ0) is 13.9. The van der Waals surface area contributed by atoms with Gasteiger partial charge < -0.3 is 10.8 Å². The molecular formula is C16H18FNO. The first-order chi connectivity index (χ1) is 9.05. The maximum atomic E-state index is 13.3. The Balaban J connectivity index is 2.36. The van der Waals surface area contributed by atoms with Crippen molar-refractivity contribution in [3.05, 3.63) is 71.0 Å². The van der Waals surface area contributed by atoms with Crippen LogP contribution in [0.2, 0.25) is 0 Å². The molecule has 0 aromatic heterocycles. The van der Waals surface area contributed by atoms with Crippen LogP contribution in [0.5, 0.6) is 0 Å². The number of rotatable bonds is 4. The summed E-state index contributed by atoms with van der Waals surface area (Å²) in [5.41, 5.74) is 7.04. The number of hydrogen-bond acceptors (Lipinski definition) is 2. The standard InChI is InChI=1S/C16H18FNO/c1-12-7-8-15(17)9-13(12)10-16(19,11-18)14-5-3-2-4-6-14/h2-9,19H,10-11,18H2,1H3. The third kappa shape index (κ3) is 3.00.